The third-order valence-corrected chi connectivity index (χ3v) is 6.74. The molecule has 0 amide bonds. The van der Waals surface area contributed by atoms with Gasteiger partial charge in [-0.3, -0.25) is 0 Å². The van der Waals surface area contributed by atoms with E-state index in [2.05, 4.69) is 41.2 Å². The Hall–Kier alpha value is -3.77. The normalized spacial score (nSPS) is 12.7. The van der Waals surface area contributed by atoms with Crippen molar-refractivity contribution in [3.05, 3.63) is 53.3 Å². The second-order valence-electron chi connectivity index (χ2n) is 7.24. The van der Waals surface area contributed by atoms with Gasteiger partial charge in [0, 0.05) is 49.1 Å². The Balaban J connectivity index is 1.83. The zero-order valence-corrected chi connectivity index (χ0v) is 20.4. The zero-order chi connectivity index (χ0) is 25.3. The van der Waals surface area contributed by atoms with Gasteiger partial charge >= 0.3 is 0 Å². The lowest BCUT2D eigenvalue weighted by atomic mass is 10.0. The van der Waals surface area contributed by atoms with Crippen LogP contribution in [0.2, 0.25) is 5.02 Å². The van der Waals surface area contributed by atoms with Crippen LogP contribution in [0.5, 0.6) is 5.88 Å². The van der Waals surface area contributed by atoms with Crippen molar-refractivity contribution in [2.24, 2.45) is 0 Å². The number of rotatable bonds is 7. The third-order valence-electron chi connectivity index (χ3n) is 4.98. The molecular weight excluding hydrogens is 500 g/mol. The number of methoxy groups -OCH3 is 1. The molecule has 0 aliphatic carbocycles. The SMILES string of the molecule is C=S(=O)(Nc1cc(-c2cc3cnc(NC)nc3nc2NC)c(F)cc1F)c1cc(Cl)cnc1OC. The van der Waals surface area contributed by atoms with Crippen LogP contribution in [-0.4, -0.2) is 51.2 Å². The lowest BCUT2D eigenvalue weighted by molar-refractivity contribution is 0.386. The van der Waals surface area contributed by atoms with Crippen LogP contribution in [0.3, 0.4) is 0 Å². The second-order valence-corrected chi connectivity index (χ2v) is 9.67. The van der Waals surface area contributed by atoms with Gasteiger partial charge in [-0.1, -0.05) is 11.6 Å². The minimum Gasteiger partial charge on any atom is -0.480 e. The Labute approximate surface area is 205 Å². The number of nitrogens with zero attached hydrogens (tertiary/aromatic N) is 4. The second kappa shape index (κ2) is 9.47. The van der Waals surface area contributed by atoms with Gasteiger partial charge < -0.3 is 20.1 Å². The highest BCUT2D eigenvalue weighted by molar-refractivity contribution is 8.01. The van der Waals surface area contributed by atoms with Crippen molar-refractivity contribution in [3.8, 4) is 17.0 Å². The summed E-state index contributed by atoms with van der Waals surface area (Å²) in [5.41, 5.74) is 0.433. The summed E-state index contributed by atoms with van der Waals surface area (Å²) in [6.07, 6.45) is 2.84. The molecule has 3 N–H and O–H groups in total. The van der Waals surface area contributed by atoms with E-state index in [4.69, 9.17) is 16.3 Å². The van der Waals surface area contributed by atoms with Gasteiger partial charge in [-0.05, 0) is 24.1 Å². The van der Waals surface area contributed by atoms with E-state index < -0.39 is 21.3 Å². The molecule has 0 saturated heterocycles. The van der Waals surface area contributed by atoms with E-state index >= 15 is 0 Å². The molecule has 0 radical (unpaired) electrons. The van der Waals surface area contributed by atoms with E-state index in [1.165, 1.54) is 31.6 Å². The first kappa shape index (κ1) is 24.4. The van der Waals surface area contributed by atoms with Gasteiger partial charge in [0.05, 0.1) is 27.5 Å². The molecule has 0 fully saturated rings. The van der Waals surface area contributed by atoms with Crippen molar-refractivity contribution in [2.45, 2.75) is 4.90 Å². The molecule has 0 aliphatic rings. The standard InChI is InChI=1S/C22H20ClF2N7O2S/c1-26-20-14(5-11-9-29-22(27-2)31-19(11)30-20)13-7-17(16(25)8-15(13)24)32-35(4,33)18-6-12(23)10-28-21(18)34-3/h5-10H,4H2,1-3H3,(H,32,33)(H2,26,27,29,30,31). The van der Waals surface area contributed by atoms with Crippen LogP contribution in [0.1, 0.15) is 0 Å². The quantitative estimate of drug-likeness (QED) is 0.311. The summed E-state index contributed by atoms with van der Waals surface area (Å²) in [6.45, 7) is 0. The van der Waals surface area contributed by atoms with Crippen LogP contribution in [0.25, 0.3) is 22.2 Å². The van der Waals surface area contributed by atoms with Crippen molar-refractivity contribution in [1.29, 1.82) is 0 Å². The van der Waals surface area contributed by atoms with E-state index in [-0.39, 0.29) is 27.0 Å². The first-order valence-electron chi connectivity index (χ1n) is 10.0. The minimum atomic E-state index is -3.41. The van der Waals surface area contributed by atoms with Crippen LogP contribution in [0, 0.1) is 11.6 Å². The molecular formula is C22H20ClF2N7O2S. The van der Waals surface area contributed by atoms with Gasteiger partial charge in [0.25, 0.3) is 0 Å². The molecule has 1 unspecified atom stereocenters. The van der Waals surface area contributed by atoms with Crippen molar-refractivity contribution >= 4 is 55.7 Å². The maximum Gasteiger partial charge on any atom is 0.230 e. The van der Waals surface area contributed by atoms with Crippen LogP contribution in [0.15, 0.2) is 41.6 Å². The monoisotopic (exact) mass is 519 g/mol. The average molecular weight is 520 g/mol. The molecule has 9 nitrogen and oxygen atoms in total. The Kier molecular flexibility index (Phi) is 6.59. The first-order chi connectivity index (χ1) is 16.7. The Bertz CT molecular complexity index is 1550. The molecule has 4 rings (SSSR count). The number of hydrogen-bond donors (Lipinski definition) is 3. The molecule has 3 heterocycles. The Morgan fingerprint density at radius 3 is 2.46 bits per heavy atom. The van der Waals surface area contributed by atoms with Crippen LogP contribution < -0.4 is 20.1 Å². The first-order valence-corrected chi connectivity index (χ1v) is 12.1. The Morgan fingerprint density at radius 2 is 1.77 bits per heavy atom. The van der Waals surface area contributed by atoms with E-state index in [0.29, 0.717) is 34.4 Å². The highest BCUT2D eigenvalue weighted by Gasteiger charge is 2.21. The fourth-order valence-electron chi connectivity index (χ4n) is 3.34. The third kappa shape index (κ3) is 4.75. The summed E-state index contributed by atoms with van der Waals surface area (Å²) in [5, 5.41) is 6.44. The molecule has 0 spiro atoms. The summed E-state index contributed by atoms with van der Waals surface area (Å²) in [4.78, 5) is 16.9. The van der Waals surface area contributed by atoms with E-state index in [0.717, 1.165) is 0 Å². The van der Waals surface area contributed by atoms with Crippen LogP contribution in [0.4, 0.5) is 26.2 Å². The van der Waals surface area contributed by atoms with Gasteiger partial charge in [-0.25, -0.2) is 27.9 Å². The number of aromatic nitrogens is 4. The molecule has 4 aromatic rings. The van der Waals surface area contributed by atoms with Crippen LogP contribution in [-0.2, 0) is 9.71 Å². The maximum atomic E-state index is 15.0. The van der Waals surface area contributed by atoms with Gasteiger partial charge in [-0.2, -0.15) is 4.98 Å². The smallest absolute Gasteiger partial charge is 0.230 e. The zero-order valence-electron chi connectivity index (χ0n) is 18.8. The van der Waals surface area contributed by atoms with E-state index in [9.17, 15) is 13.0 Å². The highest BCUT2D eigenvalue weighted by atomic mass is 35.5. The molecule has 1 atom stereocenters. The molecule has 35 heavy (non-hydrogen) atoms. The number of anilines is 3. The van der Waals surface area contributed by atoms with Gasteiger partial charge in [0.1, 0.15) is 22.3 Å². The van der Waals surface area contributed by atoms with Gasteiger partial charge in [-0.15, -0.1) is 0 Å². The Morgan fingerprint density at radius 1 is 1.00 bits per heavy atom. The summed E-state index contributed by atoms with van der Waals surface area (Å²) < 4.78 is 50.9. The lowest BCUT2D eigenvalue weighted by Gasteiger charge is -2.17. The molecule has 0 saturated carbocycles. The highest BCUT2D eigenvalue weighted by Crippen LogP contribution is 2.35. The number of halogens is 3. The van der Waals surface area contributed by atoms with Crippen molar-refractivity contribution in [2.75, 3.05) is 36.6 Å². The molecule has 0 bridgehead atoms. The fourth-order valence-corrected chi connectivity index (χ4v) is 4.92. The summed E-state index contributed by atoms with van der Waals surface area (Å²) in [6, 6.07) is 4.85. The number of fused-ring (bicyclic) bond motifs is 1. The average Bonchev–Trinajstić information content (AvgIpc) is 2.84. The van der Waals surface area contributed by atoms with Crippen molar-refractivity contribution < 1.29 is 17.7 Å². The number of nitrogens with one attached hydrogen (secondary N) is 3. The fraction of sp³-hybridized carbons (Fsp3) is 0.136. The predicted octanol–water partition coefficient (Wildman–Crippen LogP) is 4.21. The largest absolute Gasteiger partial charge is 0.480 e. The summed E-state index contributed by atoms with van der Waals surface area (Å²) in [7, 11) is 1.20. The van der Waals surface area contributed by atoms with Gasteiger partial charge in [0.15, 0.2) is 5.65 Å². The molecule has 0 aliphatic heterocycles. The number of hydrogen-bond acceptors (Lipinski definition) is 8. The molecule has 3 aromatic heterocycles. The van der Waals surface area contributed by atoms with E-state index in [1.54, 1.807) is 20.2 Å². The predicted molar refractivity (Wildman–Crippen MR) is 135 cm³/mol. The maximum absolute atomic E-state index is 15.0. The van der Waals surface area contributed by atoms with Crippen molar-refractivity contribution in [1.82, 2.24) is 19.9 Å². The topological polar surface area (TPSA) is 114 Å². The van der Waals surface area contributed by atoms with E-state index in [1.807, 2.05) is 0 Å². The number of pyridine rings is 2. The number of benzene rings is 1. The van der Waals surface area contributed by atoms with Gasteiger partial charge in [0.2, 0.25) is 11.8 Å². The summed E-state index contributed by atoms with van der Waals surface area (Å²) >= 11 is 5.99. The lowest BCUT2D eigenvalue weighted by Crippen LogP contribution is -2.16. The molecule has 1 aromatic carbocycles. The molecule has 13 heteroatoms. The summed E-state index contributed by atoms with van der Waals surface area (Å²) in [5.74, 6) is 2.52. The molecule has 182 valence electrons. The van der Waals surface area contributed by atoms with Crippen LogP contribution >= 0.6 is 11.6 Å². The minimum absolute atomic E-state index is 0.00165. The van der Waals surface area contributed by atoms with Crippen molar-refractivity contribution in [3.63, 3.8) is 0 Å². The number of ether oxygens (including phenoxy) is 1.